The summed E-state index contributed by atoms with van der Waals surface area (Å²) in [6.07, 6.45) is 0. The second-order valence-corrected chi connectivity index (χ2v) is 4.01. The standard InChI is InChI=1S/C12H16N4O2/c1-13-8-11(17)15-9-2-4-10(5-3-9)16-7-6-14-12(16)18/h2-5,13H,6-8H2,1H3,(H,14,18)(H,15,17). The Labute approximate surface area is 105 Å². The molecule has 2 rings (SSSR count). The minimum absolute atomic E-state index is 0.0815. The van der Waals surface area contributed by atoms with Gasteiger partial charge in [0.1, 0.15) is 0 Å². The van der Waals surface area contributed by atoms with Gasteiger partial charge >= 0.3 is 6.03 Å². The Hall–Kier alpha value is -2.08. The van der Waals surface area contributed by atoms with Crippen molar-refractivity contribution in [2.75, 3.05) is 36.9 Å². The van der Waals surface area contributed by atoms with Gasteiger partial charge in [-0.1, -0.05) is 0 Å². The third kappa shape index (κ3) is 2.78. The van der Waals surface area contributed by atoms with Crippen LogP contribution in [0.3, 0.4) is 0 Å². The van der Waals surface area contributed by atoms with Gasteiger partial charge in [-0.15, -0.1) is 0 Å². The summed E-state index contributed by atoms with van der Waals surface area (Å²) in [5.74, 6) is -0.0934. The van der Waals surface area contributed by atoms with E-state index < -0.39 is 0 Å². The van der Waals surface area contributed by atoms with E-state index in [-0.39, 0.29) is 18.5 Å². The lowest BCUT2D eigenvalue weighted by molar-refractivity contribution is -0.115. The van der Waals surface area contributed by atoms with Gasteiger partial charge in [-0.2, -0.15) is 0 Å². The van der Waals surface area contributed by atoms with Crippen LogP contribution in [-0.2, 0) is 4.79 Å². The van der Waals surface area contributed by atoms with Crippen molar-refractivity contribution in [3.05, 3.63) is 24.3 Å². The van der Waals surface area contributed by atoms with Crippen LogP contribution in [0.4, 0.5) is 16.2 Å². The van der Waals surface area contributed by atoms with Gasteiger partial charge in [0.05, 0.1) is 6.54 Å². The van der Waals surface area contributed by atoms with Crippen LogP contribution in [-0.4, -0.2) is 38.6 Å². The molecule has 0 aromatic heterocycles. The van der Waals surface area contributed by atoms with E-state index in [2.05, 4.69) is 16.0 Å². The van der Waals surface area contributed by atoms with E-state index in [1.807, 2.05) is 12.1 Å². The number of likely N-dealkylation sites (N-methyl/N-ethyl adjacent to an activating group) is 1. The summed E-state index contributed by atoms with van der Waals surface area (Å²) >= 11 is 0. The van der Waals surface area contributed by atoms with E-state index in [1.165, 1.54) is 0 Å². The Morgan fingerprint density at radius 2 is 2.11 bits per heavy atom. The molecule has 3 N–H and O–H groups in total. The van der Waals surface area contributed by atoms with Gasteiger partial charge in [0.2, 0.25) is 5.91 Å². The van der Waals surface area contributed by atoms with Crippen LogP contribution in [0.15, 0.2) is 24.3 Å². The van der Waals surface area contributed by atoms with Gasteiger partial charge in [0.25, 0.3) is 0 Å². The number of hydrogen-bond donors (Lipinski definition) is 3. The maximum atomic E-state index is 11.5. The number of hydrogen-bond acceptors (Lipinski definition) is 3. The van der Waals surface area contributed by atoms with Crippen molar-refractivity contribution in [1.29, 1.82) is 0 Å². The highest BCUT2D eigenvalue weighted by molar-refractivity contribution is 5.95. The molecule has 0 saturated carbocycles. The number of anilines is 2. The summed E-state index contributed by atoms with van der Waals surface area (Å²) in [6, 6.07) is 7.13. The molecule has 0 atom stereocenters. The predicted molar refractivity (Wildman–Crippen MR) is 69.7 cm³/mol. The van der Waals surface area contributed by atoms with Crippen molar-refractivity contribution >= 4 is 23.3 Å². The van der Waals surface area contributed by atoms with E-state index in [0.717, 1.165) is 11.4 Å². The van der Waals surface area contributed by atoms with Crippen LogP contribution in [0.5, 0.6) is 0 Å². The van der Waals surface area contributed by atoms with Crippen molar-refractivity contribution in [1.82, 2.24) is 10.6 Å². The lowest BCUT2D eigenvalue weighted by atomic mass is 10.2. The molecule has 0 radical (unpaired) electrons. The summed E-state index contributed by atoms with van der Waals surface area (Å²) in [7, 11) is 1.72. The molecule has 6 nitrogen and oxygen atoms in total. The molecule has 1 fully saturated rings. The van der Waals surface area contributed by atoms with Crippen LogP contribution in [0.1, 0.15) is 0 Å². The average Bonchev–Trinajstić information content (AvgIpc) is 2.77. The zero-order valence-corrected chi connectivity index (χ0v) is 10.2. The molecular formula is C12H16N4O2. The highest BCUT2D eigenvalue weighted by Gasteiger charge is 2.20. The highest BCUT2D eigenvalue weighted by Crippen LogP contribution is 2.19. The monoisotopic (exact) mass is 248 g/mol. The zero-order chi connectivity index (χ0) is 13.0. The number of carbonyl (C=O) groups is 2. The molecular weight excluding hydrogens is 232 g/mol. The summed E-state index contributed by atoms with van der Waals surface area (Å²) < 4.78 is 0. The zero-order valence-electron chi connectivity index (χ0n) is 10.2. The molecule has 1 aromatic carbocycles. The van der Waals surface area contributed by atoms with Crippen LogP contribution in [0.2, 0.25) is 0 Å². The third-order valence-corrected chi connectivity index (χ3v) is 2.66. The number of carbonyl (C=O) groups excluding carboxylic acids is 2. The van der Waals surface area contributed by atoms with E-state index in [9.17, 15) is 9.59 Å². The van der Waals surface area contributed by atoms with Gasteiger partial charge in [-0.3, -0.25) is 9.69 Å². The van der Waals surface area contributed by atoms with Gasteiger partial charge in [0.15, 0.2) is 0 Å². The first-order valence-electron chi connectivity index (χ1n) is 5.80. The average molecular weight is 248 g/mol. The summed E-state index contributed by atoms with van der Waals surface area (Å²) in [4.78, 5) is 24.5. The number of rotatable bonds is 4. The summed E-state index contributed by atoms with van der Waals surface area (Å²) in [5.41, 5.74) is 1.55. The van der Waals surface area contributed by atoms with E-state index >= 15 is 0 Å². The van der Waals surface area contributed by atoms with Crippen LogP contribution in [0.25, 0.3) is 0 Å². The first kappa shape index (κ1) is 12.4. The van der Waals surface area contributed by atoms with Crippen LogP contribution in [0, 0.1) is 0 Å². The van der Waals surface area contributed by atoms with Crippen molar-refractivity contribution in [2.24, 2.45) is 0 Å². The molecule has 1 aromatic rings. The SMILES string of the molecule is CNCC(=O)Nc1ccc(N2CCNC2=O)cc1. The molecule has 6 heteroatoms. The minimum Gasteiger partial charge on any atom is -0.336 e. The molecule has 18 heavy (non-hydrogen) atoms. The largest absolute Gasteiger partial charge is 0.336 e. The van der Waals surface area contributed by atoms with Crippen molar-refractivity contribution in [3.8, 4) is 0 Å². The number of urea groups is 1. The Morgan fingerprint density at radius 1 is 1.39 bits per heavy atom. The van der Waals surface area contributed by atoms with Crippen molar-refractivity contribution < 1.29 is 9.59 Å². The lowest BCUT2D eigenvalue weighted by Gasteiger charge is -2.14. The molecule has 1 aliphatic heterocycles. The summed E-state index contributed by atoms with van der Waals surface area (Å²) in [6.45, 7) is 1.61. The minimum atomic E-state index is -0.0934. The second kappa shape index (κ2) is 5.50. The van der Waals surface area contributed by atoms with Gasteiger partial charge in [-0.25, -0.2) is 4.79 Å². The molecule has 1 heterocycles. The van der Waals surface area contributed by atoms with E-state index in [4.69, 9.17) is 0 Å². The first-order valence-corrected chi connectivity index (χ1v) is 5.80. The molecule has 1 aliphatic rings. The Bertz CT molecular complexity index is 444. The van der Waals surface area contributed by atoms with Crippen molar-refractivity contribution in [2.45, 2.75) is 0 Å². The van der Waals surface area contributed by atoms with E-state index in [1.54, 1.807) is 24.1 Å². The summed E-state index contributed by atoms with van der Waals surface area (Å²) in [5, 5.41) is 8.27. The Morgan fingerprint density at radius 3 is 2.67 bits per heavy atom. The third-order valence-electron chi connectivity index (χ3n) is 2.66. The van der Waals surface area contributed by atoms with Crippen LogP contribution >= 0.6 is 0 Å². The molecule has 0 spiro atoms. The fourth-order valence-electron chi connectivity index (χ4n) is 1.81. The van der Waals surface area contributed by atoms with Crippen LogP contribution < -0.4 is 20.9 Å². The van der Waals surface area contributed by atoms with Gasteiger partial charge < -0.3 is 16.0 Å². The molecule has 0 aliphatic carbocycles. The molecule has 1 saturated heterocycles. The number of benzene rings is 1. The maximum absolute atomic E-state index is 11.5. The number of nitrogens with one attached hydrogen (secondary N) is 3. The lowest BCUT2D eigenvalue weighted by Crippen LogP contribution is -2.27. The second-order valence-electron chi connectivity index (χ2n) is 4.01. The molecule has 0 bridgehead atoms. The number of amides is 3. The topological polar surface area (TPSA) is 73.5 Å². The quantitative estimate of drug-likeness (QED) is 0.721. The maximum Gasteiger partial charge on any atom is 0.321 e. The molecule has 96 valence electrons. The Kier molecular flexibility index (Phi) is 3.78. The smallest absolute Gasteiger partial charge is 0.321 e. The first-order chi connectivity index (χ1) is 8.70. The normalized spacial score (nSPS) is 14.5. The van der Waals surface area contributed by atoms with Crippen molar-refractivity contribution in [3.63, 3.8) is 0 Å². The fraction of sp³-hybridized carbons (Fsp3) is 0.333. The predicted octanol–water partition coefficient (Wildman–Crippen LogP) is 0.374. The van der Waals surface area contributed by atoms with Gasteiger partial charge in [0, 0.05) is 24.5 Å². The molecule has 3 amide bonds. The Balaban J connectivity index is 2.01. The fourth-order valence-corrected chi connectivity index (χ4v) is 1.81. The number of nitrogens with zero attached hydrogens (tertiary/aromatic N) is 1. The molecule has 0 unspecified atom stereocenters. The highest BCUT2D eigenvalue weighted by atomic mass is 16.2. The van der Waals surface area contributed by atoms with E-state index in [0.29, 0.717) is 13.1 Å². The van der Waals surface area contributed by atoms with Gasteiger partial charge in [-0.05, 0) is 31.3 Å².